The van der Waals surface area contributed by atoms with Crippen molar-refractivity contribution in [3.63, 3.8) is 0 Å². The fourth-order valence-electron chi connectivity index (χ4n) is 1.48. The number of hydrogen-bond acceptors (Lipinski definition) is 3. The Kier molecular flexibility index (Phi) is 4.04. The predicted molar refractivity (Wildman–Crippen MR) is 76.0 cm³/mol. The van der Waals surface area contributed by atoms with Gasteiger partial charge in [0.15, 0.2) is 0 Å². The molecule has 0 saturated carbocycles. The fraction of sp³-hybridized carbons (Fsp3) is 0.167. The monoisotopic (exact) mass is 327 g/mol. The van der Waals surface area contributed by atoms with Crippen LogP contribution in [0.5, 0.6) is 0 Å². The first-order chi connectivity index (χ1) is 8.58. The van der Waals surface area contributed by atoms with E-state index in [2.05, 4.69) is 26.3 Å². The fourth-order valence-corrected chi connectivity index (χ4v) is 2.19. The molecule has 0 fully saturated rings. The van der Waals surface area contributed by atoms with Gasteiger partial charge in [0.1, 0.15) is 4.47 Å². The van der Waals surface area contributed by atoms with Crippen molar-refractivity contribution in [1.29, 1.82) is 0 Å². The summed E-state index contributed by atoms with van der Waals surface area (Å²) in [5.41, 5.74) is 1.53. The molecule has 2 rings (SSSR count). The van der Waals surface area contributed by atoms with Crippen molar-refractivity contribution in [2.45, 2.75) is 6.54 Å². The molecule has 2 aromatic rings. The summed E-state index contributed by atoms with van der Waals surface area (Å²) in [6.45, 7) is 0.577. The summed E-state index contributed by atoms with van der Waals surface area (Å²) in [5.74, 6) is 0. The lowest BCUT2D eigenvalue weighted by Gasteiger charge is -2.08. The predicted octanol–water partition coefficient (Wildman–Crippen LogP) is 2.81. The highest BCUT2D eigenvalue weighted by atomic mass is 79.9. The van der Waals surface area contributed by atoms with Crippen LogP contribution >= 0.6 is 27.5 Å². The first-order valence-corrected chi connectivity index (χ1v) is 6.45. The van der Waals surface area contributed by atoms with Crippen molar-refractivity contribution < 1.29 is 0 Å². The topological polar surface area (TPSA) is 46.9 Å². The molecule has 0 atom stereocenters. The SMILES string of the molecule is Cn1ncc(NCc2cccc(Cl)c2)c(Br)c1=O. The third kappa shape index (κ3) is 2.91. The van der Waals surface area contributed by atoms with E-state index < -0.39 is 0 Å². The van der Waals surface area contributed by atoms with Crippen LogP contribution in [0, 0.1) is 0 Å². The molecular formula is C12H11BrClN3O. The van der Waals surface area contributed by atoms with Crippen molar-refractivity contribution in [2.75, 3.05) is 5.32 Å². The van der Waals surface area contributed by atoms with E-state index in [-0.39, 0.29) is 5.56 Å². The molecule has 18 heavy (non-hydrogen) atoms. The van der Waals surface area contributed by atoms with E-state index in [9.17, 15) is 4.79 Å². The summed E-state index contributed by atoms with van der Waals surface area (Å²) in [7, 11) is 1.61. The van der Waals surface area contributed by atoms with Crippen molar-refractivity contribution in [1.82, 2.24) is 9.78 Å². The van der Waals surface area contributed by atoms with Crippen molar-refractivity contribution in [3.8, 4) is 0 Å². The molecule has 1 N–H and O–H groups in total. The molecule has 0 aliphatic rings. The molecule has 0 amide bonds. The maximum Gasteiger partial charge on any atom is 0.282 e. The second kappa shape index (κ2) is 5.54. The van der Waals surface area contributed by atoms with E-state index in [1.807, 2.05) is 24.3 Å². The Morgan fingerprint density at radius 1 is 1.50 bits per heavy atom. The standard InChI is InChI=1S/C12H11BrClN3O/c1-17-12(18)11(13)10(7-16-17)15-6-8-3-2-4-9(14)5-8/h2-5,7,15H,6H2,1H3. The molecule has 0 aliphatic heterocycles. The zero-order valence-corrected chi connectivity index (χ0v) is 12.0. The molecule has 1 aromatic carbocycles. The highest BCUT2D eigenvalue weighted by Crippen LogP contribution is 2.18. The summed E-state index contributed by atoms with van der Waals surface area (Å²) in [4.78, 5) is 11.6. The number of rotatable bonds is 3. The second-order valence-corrected chi connectivity index (χ2v) is 5.01. The summed E-state index contributed by atoms with van der Waals surface area (Å²) < 4.78 is 1.75. The van der Waals surface area contributed by atoms with E-state index in [0.29, 0.717) is 21.7 Å². The largest absolute Gasteiger partial charge is 0.379 e. The van der Waals surface area contributed by atoms with Crippen LogP contribution in [-0.4, -0.2) is 9.78 Å². The van der Waals surface area contributed by atoms with Gasteiger partial charge in [-0.05, 0) is 33.6 Å². The van der Waals surface area contributed by atoms with Gasteiger partial charge in [-0.2, -0.15) is 5.10 Å². The quantitative estimate of drug-likeness (QED) is 0.942. The summed E-state index contributed by atoms with van der Waals surface area (Å²) in [5, 5.41) is 7.79. The van der Waals surface area contributed by atoms with Crippen LogP contribution in [0.3, 0.4) is 0 Å². The Bertz CT molecular complexity index is 627. The first kappa shape index (κ1) is 13.1. The van der Waals surface area contributed by atoms with Crippen molar-refractivity contribution in [3.05, 3.63) is 55.9 Å². The Morgan fingerprint density at radius 2 is 2.28 bits per heavy atom. The third-order valence-electron chi connectivity index (χ3n) is 2.45. The lowest BCUT2D eigenvalue weighted by atomic mass is 10.2. The van der Waals surface area contributed by atoms with Gasteiger partial charge in [0.05, 0.1) is 11.9 Å². The number of hydrogen-bond donors (Lipinski definition) is 1. The second-order valence-electron chi connectivity index (χ2n) is 3.78. The van der Waals surface area contributed by atoms with Crippen LogP contribution in [0.2, 0.25) is 5.02 Å². The molecule has 1 heterocycles. The number of aryl methyl sites for hydroxylation is 1. The summed E-state index contributed by atoms with van der Waals surface area (Å²) >= 11 is 9.16. The number of anilines is 1. The van der Waals surface area contributed by atoms with Crippen LogP contribution in [-0.2, 0) is 13.6 Å². The molecule has 0 aliphatic carbocycles. The van der Waals surface area contributed by atoms with Crippen LogP contribution in [0.4, 0.5) is 5.69 Å². The molecular weight excluding hydrogens is 318 g/mol. The van der Waals surface area contributed by atoms with Crippen LogP contribution in [0.25, 0.3) is 0 Å². The van der Waals surface area contributed by atoms with E-state index in [1.165, 1.54) is 4.68 Å². The highest BCUT2D eigenvalue weighted by Gasteiger charge is 2.06. The van der Waals surface area contributed by atoms with E-state index >= 15 is 0 Å². The van der Waals surface area contributed by atoms with Gasteiger partial charge in [-0.3, -0.25) is 4.79 Å². The Balaban J connectivity index is 2.16. The van der Waals surface area contributed by atoms with Crippen LogP contribution in [0.1, 0.15) is 5.56 Å². The first-order valence-electron chi connectivity index (χ1n) is 5.28. The van der Waals surface area contributed by atoms with Crippen LogP contribution < -0.4 is 10.9 Å². The number of halogens is 2. The van der Waals surface area contributed by atoms with Crippen molar-refractivity contribution >= 4 is 33.2 Å². The minimum absolute atomic E-state index is 0.175. The molecule has 0 bridgehead atoms. The Hall–Kier alpha value is -1.33. The van der Waals surface area contributed by atoms with E-state index in [1.54, 1.807) is 13.2 Å². The molecule has 0 radical (unpaired) electrons. The normalized spacial score (nSPS) is 10.4. The van der Waals surface area contributed by atoms with Gasteiger partial charge < -0.3 is 5.32 Å². The number of nitrogens with zero attached hydrogens (tertiary/aromatic N) is 2. The lowest BCUT2D eigenvalue weighted by molar-refractivity contribution is 0.703. The highest BCUT2D eigenvalue weighted by molar-refractivity contribution is 9.10. The van der Waals surface area contributed by atoms with Gasteiger partial charge in [-0.1, -0.05) is 23.7 Å². The van der Waals surface area contributed by atoms with Crippen molar-refractivity contribution in [2.24, 2.45) is 7.05 Å². The molecule has 0 spiro atoms. The van der Waals surface area contributed by atoms with Gasteiger partial charge in [0.2, 0.25) is 0 Å². The lowest BCUT2D eigenvalue weighted by Crippen LogP contribution is -2.21. The third-order valence-corrected chi connectivity index (χ3v) is 3.45. The zero-order valence-electron chi connectivity index (χ0n) is 9.65. The minimum atomic E-state index is -0.175. The molecule has 6 heteroatoms. The number of benzene rings is 1. The molecule has 0 saturated heterocycles. The smallest absolute Gasteiger partial charge is 0.282 e. The Morgan fingerprint density at radius 3 is 3.00 bits per heavy atom. The van der Waals surface area contributed by atoms with Gasteiger partial charge in [-0.15, -0.1) is 0 Å². The molecule has 4 nitrogen and oxygen atoms in total. The van der Waals surface area contributed by atoms with Gasteiger partial charge in [-0.25, -0.2) is 4.68 Å². The van der Waals surface area contributed by atoms with Crippen LogP contribution in [0.15, 0.2) is 39.7 Å². The average molecular weight is 329 g/mol. The zero-order chi connectivity index (χ0) is 13.1. The summed E-state index contributed by atoms with van der Waals surface area (Å²) in [6, 6.07) is 7.54. The Labute approximate surface area is 118 Å². The van der Waals surface area contributed by atoms with Gasteiger partial charge >= 0.3 is 0 Å². The van der Waals surface area contributed by atoms with E-state index in [0.717, 1.165) is 5.56 Å². The van der Waals surface area contributed by atoms with E-state index in [4.69, 9.17) is 11.6 Å². The number of nitrogens with one attached hydrogen (secondary N) is 1. The maximum absolute atomic E-state index is 11.6. The van der Waals surface area contributed by atoms with Gasteiger partial charge in [0, 0.05) is 18.6 Å². The molecule has 94 valence electrons. The maximum atomic E-state index is 11.6. The molecule has 1 aromatic heterocycles. The minimum Gasteiger partial charge on any atom is -0.379 e. The summed E-state index contributed by atoms with van der Waals surface area (Å²) in [6.07, 6.45) is 1.61. The number of aromatic nitrogens is 2. The van der Waals surface area contributed by atoms with Gasteiger partial charge in [0.25, 0.3) is 5.56 Å². The average Bonchev–Trinajstić information content (AvgIpc) is 2.35. The molecule has 0 unspecified atom stereocenters.